The predicted octanol–water partition coefficient (Wildman–Crippen LogP) is 2.96. The molecule has 150 valence electrons. The van der Waals surface area contributed by atoms with Crippen LogP contribution in [0.1, 0.15) is 50.0 Å². The van der Waals surface area contributed by atoms with Gasteiger partial charge in [-0.1, -0.05) is 32.9 Å². The minimum atomic E-state index is -0.397. The maximum absolute atomic E-state index is 12.9. The van der Waals surface area contributed by atoms with Crippen molar-refractivity contribution in [1.29, 1.82) is 0 Å². The van der Waals surface area contributed by atoms with Gasteiger partial charge >= 0.3 is 0 Å². The molecule has 2 unspecified atom stereocenters. The van der Waals surface area contributed by atoms with Crippen LogP contribution in [0.15, 0.2) is 24.3 Å². The van der Waals surface area contributed by atoms with Gasteiger partial charge in [-0.25, -0.2) is 0 Å². The molecule has 6 heteroatoms. The van der Waals surface area contributed by atoms with Crippen LogP contribution in [-0.4, -0.2) is 66.0 Å². The van der Waals surface area contributed by atoms with Gasteiger partial charge in [-0.3, -0.25) is 9.59 Å². The van der Waals surface area contributed by atoms with E-state index in [4.69, 9.17) is 0 Å². The zero-order valence-corrected chi connectivity index (χ0v) is 18.2. The van der Waals surface area contributed by atoms with Crippen molar-refractivity contribution in [2.75, 3.05) is 32.3 Å². The molecule has 1 fully saturated rings. The molecule has 27 heavy (non-hydrogen) atoms. The van der Waals surface area contributed by atoms with Crippen LogP contribution in [0.4, 0.5) is 0 Å². The number of carbonyl (C=O) groups excluding carboxylic acids is 2. The van der Waals surface area contributed by atoms with Crippen LogP contribution in [0, 0.1) is 0 Å². The molecular formula is C21H33N3O2S. The Labute approximate surface area is 167 Å². The highest BCUT2D eigenvalue weighted by atomic mass is 32.2. The van der Waals surface area contributed by atoms with Crippen LogP contribution in [0.3, 0.4) is 0 Å². The Morgan fingerprint density at radius 1 is 1.26 bits per heavy atom. The first-order valence-corrected chi connectivity index (χ1v) is 10.7. The third kappa shape index (κ3) is 5.98. The summed E-state index contributed by atoms with van der Waals surface area (Å²) in [5, 5.41) is 3.07. The Morgan fingerprint density at radius 3 is 2.44 bits per heavy atom. The number of nitrogens with one attached hydrogen (secondary N) is 1. The van der Waals surface area contributed by atoms with Gasteiger partial charge in [0.1, 0.15) is 6.04 Å². The van der Waals surface area contributed by atoms with Crippen molar-refractivity contribution in [1.82, 2.24) is 15.1 Å². The Bertz CT molecular complexity index is 652. The lowest BCUT2D eigenvalue weighted by atomic mass is 9.86. The fourth-order valence-electron chi connectivity index (χ4n) is 3.00. The number of rotatable bonds is 6. The standard InChI is InChI=1S/C21H33N3O2S/c1-15(11-12-23(5)6)22-19(25)18-13-27-14-24(18)20(26)16-7-9-17(10-8-16)21(2,3)4/h7-10,15,18H,11-14H2,1-6H3,(H,22,25). The van der Waals surface area contributed by atoms with Crippen LogP contribution in [0.2, 0.25) is 0 Å². The summed E-state index contributed by atoms with van der Waals surface area (Å²) in [5.41, 5.74) is 1.89. The number of amides is 2. The van der Waals surface area contributed by atoms with Gasteiger partial charge in [0.05, 0.1) is 5.88 Å². The Kier molecular flexibility index (Phi) is 7.34. The van der Waals surface area contributed by atoms with E-state index in [0.29, 0.717) is 17.2 Å². The summed E-state index contributed by atoms with van der Waals surface area (Å²) in [6.07, 6.45) is 0.890. The summed E-state index contributed by atoms with van der Waals surface area (Å²) in [6.45, 7) is 9.39. The maximum atomic E-state index is 12.9. The van der Waals surface area contributed by atoms with Crippen molar-refractivity contribution >= 4 is 23.6 Å². The Hall–Kier alpha value is -1.53. The van der Waals surface area contributed by atoms with E-state index < -0.39 is 6.04 Å². The first-order valence-electron chi connectivity index (χ1n) is 9.54. The van der Waals surface area contributed by atoms with E-state index in [0.717, 1.165) is 13.0 Å². The lowest BCUT2D eigenvalue weighted by Gasteiger charge is -2.25. The lowest BCUT2D eigenvalue weighted by molar-refractivity contribution is -0.125. The van der Waals surface area contributed by atoms with Crippen molar-refractivity contribution < 1.29 is 9.59 Å². The number of thioether (sulfide) groups is 1. The summed E-state index contributed by atoms with van der Waals surface area (Å²) >= 11 is 1.63. The minimum absolute atomic E-state index is 0.0501. The van der Waals surface area contributed by atoms with Crippen molar-refractivity contribution in [2.45, 2.75) is 51.6 Å². The molecule has 1 aliphatic rings. The molecule has 0 aliphatic carbocycles. The molecule has 1 aliphatic heterocycles. The molecule has 1 aromatic carbocycles. The molecule has 0 radical (unpaired) electrons. The van der Waals surface area contributed by atoms with Crippen molar-refractivity contribution in [3.63, 3.8) is 0 Å². The van der Waals surface area contributed by atoms with E-state index in [1.807, 2.05) is 45.3 Å². The third-order valence-corrected chi connectivity index (χ3v) is 5.85. The highest BCUT2D eigenvalue weighted by Gasteiger charge is 2.35. The van der Waals surface area contributed by atoms with Crippen LogP contribution < -0.4 is 5.32 Å². The summed E-state index contributed by atoms with van der Waals surface area (Å²) in [7, 11) is 4.04. The molecule has 0 spiro atoms. The lowest BCUT2D eigenvalue weighted by Crippen LogP contribution is -2.49. The molecule has 0 saturated carbocycles. The zero-order valence-electron chi connectivity index (χ0n) is 17.4. The van der Waals surface area contributed by atoms with E-state index >= 15 is 0 Å². The summed E-state index contributed by atoms with van der Waals surface area (Å²) in [6, 6.07) is 7.46. The minimum Gasteiger partial charge on any atom is -0.352 e. The van der Waals surface area contributed by atoms with Crippen molar-refractivity contribution in [3.8, 4) is 0 Å². The monoisotopic (exact) mass is 391 g/mol. The molecule has 1 N–H and O–H groups in total. The Balaban J connectivity index is 2.02. The number of hydrogen-bond donors (Lipinski definition) is 1. The van der Waals surface area contributed by atoms with E-state index in [1.165, 1.54) is 5.56 Å². The predicted molar refractivity (Wildman–Crippen MR) is 113 cm³/mol. The van der Waals surface area contributed by atoms with Crippen LogP contribution in [0.5, 0.6) is 0 Å². The van der Waals surface area contributed by atoms with E-state index in [-0.39, 0.29) is 23.3 Å². The van der Waals surface area contributed by atoms with Gasteiger partial charge in [0.2, 0.25) is 5.91 Å². The molecule has 1 aromatic rings. The molecular weight excluding hydrogens is 358 g/mol. The van der Waals surface area contributed by atoms with Crippen molar-refractivity contribution in [2.24, 2.45) is 0 Å². The van der Waals surface area contributed by atoms with Gasteiger partial charge in [0, 0.05) is 17.4 Å². The van der Waals surface area contributed by atoms with Gasteiger partial charge in [-0.05, 0) is 57.1 Å². The van der Waals surface area contributed by atoms with Crippen LogP contribution in [0.25, 0.3) is 0 Å². The largest absolute Gasteiger partial charge is 0.352 e. The SMILES string of the molecule is CC(CCN(C)C)NC(=O)C1CSCN1C(=O)c1ccc(C(C)(C)C)cc1. The molecule has 0 aromatic heterocycles. The number of nitrogens with zero attached hydrogens (tertiary/aromatic N) is 2. The fourth-order valence-corrected chi connectivity index (χ4v) is 4.16. The van der Waals surface area contributed by atoms with Gasteiger partial charge in [-0.2, -0.15) is 0 Å². The van der Waals surface area contributed by atoms with Gasteiger partial charge in [0.15, 0.2) is 0 Å². The number of benzene rings is 1. The summed E-state index contributed by atoms with van der Waals surface area (Å²) in [5.74, 6) is 1.09. The quantitative estimate of drug-likeness (QED) is 0.810. The van der Waals surface area contributed by atoms with Crippen LogP contribution >= 0.6 is 11.8 Å². The van der Waals surface area contributed by atoms with Crippen molar-refractivity contribution in [3.05, 3.63) is 35.4 Å². The first-order chi connectivity index (χ1) is 12.6. The molecule has 2 rings (SSSR count). The average molecular weight is 392 g/mol. The summed E-state index contributed by atoms with van der Waals surface area (Å²) < 4.78 is 0. The number of hydrogen-bond acceptors (Lipinski definition) is 4. The zero-order chi connectivity index (χ0) is 20.2. The maximum Gasteiger partial charge on any atom is 0.255 e. The van der Waals surface area contributed by atoms with Gasteiger partial charge in [0.25, 0.3) is 5.91 Å². The van der Waals surface area contributed by atoms with Crippen LogP contribution in [-0.2, 0) is 10.2 Å². The third-order valence-electron chi connectivity index (χ3n) is 4.84. The molecule has 2 atom stereocenters. The fraction of sp³-hybridized carbons (Fsp3) is 0.619. The Morgan fingerprint density at radius 2 is 1.89 bits per heavy atom. The summed E-state index contributed by atoms with van der Waals surface area (Å²) in [4.78, 5) is 29.5. The second-order valence-corrected chi connectivity index (χ2v) is 9.62. The topological polar surface area (TPSA) is 52.7 Å². The normalized spacial score (nSPS) is 18.6. The highest BCUT2D eigenvalue weighted by Crippen LogP contribution is 2.26. The number of carbonyl (C=O) groups is 2. The average Bonchev–Trinajstić information content (AvgIpc) is 3.08. The van der Waals surface area contributed by atoms with Gasteiger partial charge in [-0.15, -0.1) is 11.8 Å². The molecule has 5 nitrogen and oxygen atoms in total. The second-order valence-electron chi connectivity index (χ2n) is 8.62. The molecule has 1 saturated heterocycles. The van der Waals surface area contributed by atoms with E-state index in [1.54, 1.807) is 16.7 Å². The molecule has 2 amide bonds. The highest BCUT2D eigenvalue weighted by molar-refractivity contribution is 7.99. The molecule has 1 heterocycles. The van der Waals surface area contributed by atoms with E-state index in [2.05, 4.69) is 31.0 Å². The van der Waals surface area contributed by atoms with Gasteiger partial charge < -0.3 is 15.1 Å². The second kappa shape index (κ2) is 9.11. The van der Waals surface area contributed by atoms with E-state index in [9.17, 15) is 9.59 Å². The first kappa shape index (κ1) is 21.8. The molecule has 0 bridgehead atoms. The smallest absolute Gasteiger partial charge is 0.255 e.